The van der Waals surface area contributed by atoms with Gasteiger partial charge in [-0.15, -0.1) is 0 Å². The Hall–Kier alpha value is -1.03. The number of anilines is 1. The second-order valence-electron chi connectivity index (χ2n) is 6.72. The Labute approximate surface area is 129 Å². The van der Waals surface area contributed by atoms with Crippen molar-refractivity contribution in [3.63, 3.8) is 0 Å². The Morgan fingerprint density at radius 1 is 1.25 bits per heavy atom. The van der Waals surface area contributed by atoms with Gasteiger partial charge < -0.3 is 10.6 Å². The van der Waals surface area contributed by atoms with E-state index in [0.29, 0.717) is 11.3 Å². The smallest absolute Gasteiger partial charge is 0.319 e. The predicted octanol–water partition coefficient (Wildman–Crippen LogP) is 4.79. The molecule has 0 radical (unpaired) electrons. The van der Waals surface area contributed by atoms with Crippen LogP contribution in [0.4, 0.5) is 10.5 Å². The summed E-state index contributed by atoms with van der Waals surface area (Å²) in [6.45, 7) is 6.83. The molecule has 4 heteroatoms. The molecule has 110 valence electrons. The first-order valence-electron chi connectivity index (χ1n) is 7.17. The summed E-state index contributed by atoms with van der Waals surface area (Å²) in [5, 5.41) is 5.99. The first-order chi connectivity index (χ1) is 9.34. The summed E-state index contributed by atoms with van der Waals surface area (Å²) in [7, 11) is 0. The average molecular weight is 339 g/mol. The lowest BCUT2D eigenvalue weighted by Gasteiger charge is -2.39. The molecule has 1 aliphatic carbocycles. The molecule has 20 heavy (non-hydrogen) atoms. The maximum Gasteiger partial charge on any atom is 0.319 e. The minimum atomic E-state index is -0.109. The SMILES string of the molecule is C[C@@H]1C[C@@H](NC(=O)Nc2ccc(Br)cc2)CC(C)(C)C1. The molecule has 0 saturated heterocycles. The third-order valence-electron chi connectivity index (χ3n) is 3.82. The minimum Gasteiger partial charge on any atom is -0.335 e. The van der Waals surface area contributed by atoms with E-state index in [4.69, 9.17) is 0 Å². The van der Waals surface area contributed by atoms with Gasteiger partial charge in [-0.1, -0.05) is 36.7 Å². The highest BCUT2D eigenvalue weighted by Crippen LogP contribution is 2.38. The molecule has 0 bridgehead atoms. The van der Waals surface area contributed by atoms with Crippen LogP contribution in [0, 0.1) is 11.3 Å². The third-order valence-corrected chi connectivity index (χ3v) is 4.35. The van der Waals surface area contributed by atoms with Crippen molar-refractivity contribution in [1.29, 1.82) is 0 Å². The quantitative estimate of drug-likeness (QED) is 0.799. The van der Waals surface area contributed by atoms with Crippen molar-refractivity contribution in [2.45, 2.75) is 46.1 Å². The van der Waals surface area contributed by atoms with Gasteiger partial charge in [-0.05, 0) is 54.9 Å². The van der Waals surface area contributed by atoms with Gasteiger partial charge in [-0.2, -0.15) is 0 Å². The first-order valence-corrected chi connectivity index (χ1v) is 7.96. The van der Waals surface area contributed by atoms with Crippen LogP contribution in [0.5, 0.6) is 0 Å². The summed E-state index contributed by atoms with van der Waals surface area (Å²) < 4.78 is 1.01. The molecule has 1 fully saturated rings. The standard InChI is InChI=1S/C16H23BrN2O/c1-11-8-14(10-16(2,3)9-11)19-15(20)18-13-6-4-12(17)5-7-13/h4-7,11,14H,8-10H2,1-3H3,(H2,18,19,20)/t11-,14-/m1/s1. The van der Waals surface area contributed by atoms with Crippen LogP contribution in [0.1, 0.15) is 40.0 Å². The number of carbonyl (C=O) groups excluding carboxylic acids is 1. The largest absolute Gasteiger partial charge is 0.335 e. The van der Waals surface area contributed by atoms with Gasteiger partial charge in [0.05, 0.1) is 0 Å². The Balaban J connectivity index is 1.89. The molecule has 1 aliphatic rings. The number of amides is 2. The van der Waals surface area contributed by atoms with E-state index in [1.807, 2.05) is 24.3 Å². The zero-order valence-electron chi connectivity index (χ0n) is 12.4. The lowest BCUT2D eigenvalue weighted by Crippen LogP contribution is -2.44. The summed E-state index contributed by atoms with van der Waals surface area (Å²) in [5.74, 6) is 0.664. The molecule has 0 heterocycles. The number of benzene rings is 1. The average Bonchev–Trinajstić information content (AvgIpc) is 2.29. The summed E-state index contributed by atoms with van der Waals surface area (Å²) in [5.41, 5.74) is 1.13. The molecule has 2 N–H and O–H groups in total. The van der Waals surface area contributed by atoms with E-state index in [0.717, 1.165) is 23.0 Å². The highest BCUT2D eigenvalue weighted by molar-refractivity contribution is 9.10. The number of carbonyl (C=O) groups is 1. The maximum absolute atomic E-state index is 12.0. The van der Waals surface area contributed by atoms with Crippen LogP contribution < -0.4 is 10.6 Å². The molecule has 1 saturated carbocycles. The van der Waals surface area contributed by atoms with E-state index in [2.05, 4.69) is 47.3 Å². The van der Waals surface area contributed by atoms with Crippen molar-refractivity contribution in [2.75, 3.05) is 5.32 Å². The van der Waals surface area contributed by atoms with Crippen molar-refractivity contribution in [3.8, 4) is 0 Å². The summed E-state index contributed by atoms with van der Waals surface area (Å²) in [6, 6.07) is 7.77. The van der Waals surface area contributed by atoms with Crippen molar-refractivity contribution < 1.29 is 4.79 Å². The van der Waals surface area contributed by atoms with Gasteiger partial charge in [0.1, 0.15) is 0 Å². The Bertz CT molecular complexity index is 470. The monoisotopic (exact) mass is 338 g/mol. The van der Waals surface area contributed by atoms with Crippen LogP contribution in [0.2, 0.25) is 0 Å². The molecule has 2 atom stereocenters. The van der Waals surface area contributed by atoms with Gasteiger partial charge in [-0.3, -0.25) is 0 Å². The number of hydrogen-bond acceptors (Lipinski definition) is 1. The second kappa shape index (κ2) is 6.17. The van der Waals surface area contributed by atoms with Crippen LogP contribution in [-0.2, 0) is 0 Å². The van der Waals surface area contributed by atoms with Crippen LogP contribution in [-0.4, -0.2) is 12.1 Å². The van der Waals surface area contributed by atoms with Crippen LogP contribution >= 0.6 is 15.9 Å². The van der Waals surface area contributed by atoms with Gasteiger partial charge in [-0.25, -0.2) is 4.79 Å². The van der Waals surface area contributed by atoms with Crippen LogP contribution in [0.15, 0.2) is 28.7 Å². The molecule has 0 spiro atoms. The molecule has 1 aromatic rings. The van der Waals surface area contributed by atoms with Gasteiger partial charge in [0.2, 0.25) is 0 Å². The number of urea groups is 1. The maximum atomic E-state index is 12.0. The van der Waals surface area contributed by atoms with Crippen LogP contribution in [0.3, 0.4) is 0 Å². The first kappa shape index (κ1) is 15.4. The lowest BCUT2D eigenvalue weighted by atomic mass is 9.71. The molecule has 1 aromatic carbocycles. The van der Waals surface area contributed by atoms with Gasteiger partial charge in [0.15, 0.2) is 0 Å². The predicted molar refractivity (Wildman–Crippen MR) is 86.9 cm³/mol. The van der Waals surface area contributed by atoms with Gasteiger partial charge in [0.25, 0.3) is 0 Å². The Morgan fingerprint density at radius 3 is 2.50 bits per heavy atom. The van der Waals surface area contributed by atoms with Gasteiger partial charge >= 0.3 is 6.03 Å². The van der Waals surface area contributed by atoms with E-state index >= 15 is 0 Å². The second-order valence-corrected chi connectivity index (χ2v) is 7.63. The van der Waals surface area contributed by atoms with E-state index in [1.165, 1.54) is 6.42 Å². The zero-order valence-corrected chi connectivity index (χ0v) is 14.0. The lowest BCUT2D eigenvalue weighted by molar-refractivity contribution is 0.154. The highest BCUT2D eigenvalue weighted by Gasteiger charge is 2.32. The molecule has 0 unspecified atom stereocenters. The molecule has 0 aromatic heterocycles. The molecular weight excluding hydrogens is 316 g/mol. The third kappa shape index (κ3) is 4.51. The molecule has 3 nitrogen and oxygen atoms in total. The summed E-state index contributed by atoms with van der Waals surface area (Å²) in [4.78, 5) is 12.0. The fourth-order valence-corrected chi connectivity index (χ4v) is 3.61. The zero-order chi connectivity index (χ0) is 14.8. The van der Waals surface area contributed by atoms with Crippen LogP contribution in [0.25, 0.3) is 0 Å². The topological polar surface area (TPSA) is 41.1 Å². The normalized spacial score (nSPS) is 25.0. The molecule has 0 aliphatic heterocycles. The fraction of sp³-hybridized carbons (Fsp3) is 0.562. The van der Waals surface area contributed by atoms with E-state index in [9.17, 15) is 4.79 Å². The number of halogens is 1. The molecular formula is C16H23BrN2O. The van der Waals surface area contributed by atoms with E-state index in [1.54, 1.807) is 0 Å². The van der Waals surface area contributed by atoms with E-state index < -0.39 is 0 Å². The number of hydrogen-bond donors (Lipinski definition) is 2. The Morgan fingerprint density at radius 2 is 1.90 bits per heavy atom. The minimum absolute atomic E-state index is 0.109. The molecule has 2 amide bonds. The fourth-order valence-electron chi connectivity index (χ4n) is 3.34. The number of rotatable bonds is 2. The van der Waals surface area contributed by atoms with Crippen molar-refractivity contribution in [1.82, 2.24) is 5.32 Å². The highest BCUT2D eigenvalue weighted by atomic mass is 79.9. The summed E-state index contributed by atoms with van der Waals surface area (Å²) in [6.07, 6.45) is 3.35. The molecule has 2 rings (SSSR count). The summed E-state index contributed by atoms with van der Waals surface area (Å²) >= 11 is 3.38. The van der Waals surface area contributed by atoms with E-state index in [-0.39, 0.29) is 12.1 Å². The van der Waals surface area contributed by atoms with Crippen molar-refractivity contribution in [3.05, 3.63) is 28.7 Å². The Kier molecular flexibility index (Phi) is 4.74. The van der Waals surface area contributed by atoms with Gasteiger partial charge in [0, 0.05) is 16.2 Å². The van der Waals surface area contributed by atoms with Crippen molar-refractivity contribution >= 4 is 27.6 Å². The number of nitrogens with one attached hydrogen (secondary N) is 2. The van der Waals surface area contributed by atoms with Crippen molar-refractivity contribution in [2.24, 2.45) is 11.3 Å².